The maximum absolute atomic E-state index is 13.5. The highest BCUT2D eigenvalue weighted by Gasteiger charge is 2.38. The molecule has 152 valence electrons. The predicted octanol–water partition coefficient (Wildman–Crippen LogP) is 4.00. The number of carbonyl (C=O) groups excluding carboxylic acids is 2. The lowest BCUT2D eigenvalue weighted by Crippen LogP contribution is -2.37. The number of ether oxygens (including phenoxy) is 2. The number of fused-ring (bicyclic) bond motifs is 1. The number of benzene rings is 2. The molecule has 2 aromatic rings. The molecule has 1 saturated heterocycles. The number of aryl methyl sites for hydroxylation is 1. The van der Waals surface area contributed by atoms with Crippen molar-refractivity contribution in [2.24, 2.45) is 0 Å². The average molecular weight is 397 g/mol. The first-order chi connectivity index (χ1) is 14.1. The van der Waals surface area contributed by atoms with E-state index in [2.05, 4.69) is 0 Å². The third kappa shape index (κ3) is 4.03. The minimum atomic E-state index is -0.265. The number of hydrogen-bond acceptors (Lipinski definition) is 4. The molecule has 5 nitrogen and oxygen atoms in total. The molecule has 2 atom stereocenters. The molecule has 2 heterocycles. The Morgan fingerprint density at radius 1 is 1.07 bits per heavy atom. The number of hydrogen-bond donors (Lipinski definition) is 0. The van der Waals surface area contributed by atoms with Gasteiger partial charge in [0.15, 0.2) is 0 Å². The van der Waals surface area contributed by atoms with E-state index < -0.39 is 0 Å². The van der Waals surface area contributed by atoms with Crippen molar-refractivity contribution < 1.29 is 23.5 Å². The van der Waals surface area contributed by atoms with Gasteiger partial charge in [-0.3, -0.25) is 14.5 Å². The highest BCUT2D eigenvalue weighted by Crippen LogP contribution is 2.29. The monoisotopic (exact) mass is 397 g/mol. The van der Waals surface area contributed by atoms with Crippen LogP contribution < -0.4 is 4.74 Å². The molecule has 0 aliphatic carbocycles. The summed E-state index contributed by atoms with van der Waals surface area (Å²) in [6, 6.07) is 11.5. The Balaban J connectivity index is 1.28. The van der Waals surface area contributed by atoms with Crippen LogP contribution >= 0.6 is 0 Å². The molecule has 2 amide bonds. The summed E-state index contributed by atoms with van der Waals surface area (Å²) in [6.07, 6.45) is 4.09. The van der Waals surface area contributed by atoms with Gasteiger partial charge in [-0.2, -0.15) is 0 Å². The molecule has 6 heteroatoms. The lowest BCUT2D eigenvalue weighted by atomic mass is 10.0. The highest BCUT2D eigenvalue weighted by molar-refractivity contribution is 6.21. The molecule has 0 aromatic heterocycles. The Hall–Kier alpha value is -2.73. The van der Waals surface area contributed by atoms with Gasteiger partial charge in [-0.15, -0.1) is 0 Å². The fraction of sp³-hybridized carbons (Fsp3) is 0.391. The van der Waals surface area contributed by atoms with Crippen LogP contribution in [0.1, 0.15) is 52.0 Å². The van der Waals surface area contributed by atoms with Gasteiger partial charge in [0.2, 0.25) is 0 Å². The molecular formula is C23H24FNO4. The maximum Gasteiger partial charge on any atom is 0.261 e. The third-order valence-electron chi connectivity index (χ3n) is 5.67. The van der Waals surface area contributed by atoms with Crippen LogP contribution in [0.25, 0.3) is 0 Å². The van der Waals surface area contributed by atoms with Gasteiger partial charge < -0.3 is 9.47 Å². The van der Waals surface area contributed by atoms with Crippen molar-refractivity contribution >= 4 is 11.8 Å². The molecule has 0 N–H and O–H groups in total. The Bertz CT molecular complexity index is 894. The lowest BCUT2D eigenvalue weighted by Gasteiger charge is -2.19. The second-order valence-electron chi connectivity index (χ2n) is 7.57. The fourth-order valence-corrected chi connectivity index (χ4v) is 4.20. The van der Waals surface area contributed by atoms with Crippen molar-refractivity contribution in [3.05, 3.63) is 65.0 Å². The van der Waals surface area contributed by atoms with E-state index in [1.54, 1.807) is 37.4 Å². The van der Waals surface area contributed by atoms with Crippen molar-refractivity contribution in [1.29, 1.82) is 0 Å². The van der Waals surface area contributed by atoms with E-state index >= 15 is 0 Å². The topological polar surface area (TPSA) is 55.8 Å². The summed E-state index contributed by atoms with van der Waals surface area (Å²) in [5.74, 6) is -0.0483. The van der Waals surface area contributed by atoms with Gasteiger partial charge in [0.25, 0.3) is 11.8 Å². The first kappa shape index (κ1) is 19.6. The van der Waals surface area contributed by atoms with Gasteiger partial charge in [-0.05, 0) is 68.0 Å². The normalized spacial score (nSPS) is 21.0. The zero-order valence-electron chi connectivity index (χ0n) is 16.4. The van der Waals surface area contributed by atoms with Crippen LogP contribution in [-0.2, 0) is 11.2 Å². The van der Waals surface area contributed by atoms with E-state index in [0.29, 0.717) is 29.8 Å². The Kier molecular flexibility index (Phi) is 5.62. The number of imide groups is 1. The highest BCUT2D eigenvalue weighted by atomic mass is 19.1. The van der Waals surface area contributed by atoms with Gasteiger partial charge in [0.1, 0.15) is 11.6 Å². The first-order valence-corrected chi connectivity index (χ1v) is 10.00. The molecule has 4 rings (SSSR count). The Morgan fingerprint density at radius 3 is 2.45 bits per heavy atom. The third-order valence-corrected chi connectivity index (χ3v) is 5.67. The molecule has 29 heavy (non-hydrogen) atoms. The molecule has 0 unspecified atom stereocenters. The molecule has 2 aliphatic heterocycles. The van der Waals surface area contributed by atoms with E-state index in [9.17, 15) is 14.0 Å². The summed E-state index contributed by atoms with van der Waals surface area (Å²) >= 11 is 0. The lowest BCUT2D eigenvalue weighted by molar-refractivity contribution is 0.0188. The molecule has 0 radical (unpaired) electrons. The molecular weight excluding hydrogens is 373 g/mol. The van der Waals surface area contributed by atoms with Gasteiger partial charge >= 0.3 is 0 Å². The Labute approximate surface area is 169 Å². The van der Waals surface area contributed by atoms with Crippen LogP contribution in [0, 0.1) is 5.82 Å². The fourth-order valence-electron chi connectivity index (χ4n) is 4.20. The van der Waals surface area contributed by atoms with E-state index in [0.717, 1.165) is 31.2 Å². The van der Waals surface area contributed by atoms with E-state index in [4.69, 9.17) is 9.47 Å². The molecule has 1 fully saturated rings. The minimum Gasteiger partial charge on any atom is -0.496 e. The molecule has 0 saturated carbocycles. The van der Waals surface area contributed by atoms with Gasteiger partial charge in [0.05, 0.1) is 37.0 Å². The summed E-state index contributed by atoms with van der Waals surface area (Å²) in [5, 5.41) is 0. The quantitative estimate of drug-likeness (QED) is 0.663. The van der Waals surface area contributed by atoms with Gasteiger partial charge in [-0.25, -0.2) is 4.39 Å². The average Bonchev–Trinajstić information content (AvgIpc) is 3.27. The van der Waals surface area contributed by atoms with Crippen molar-refractivity contribution in [3.63, 3.8) is 0 Å². The van der Waals surface area contributed by atoms with Crippen LogP contribution in [0.2, 0.25) is 0 Å². The number of halogens is 1. The zero-order valence-corrected chi connectivity index (χ0v) is 16.4. The summed E-state index contributed by atoms with van der Waals surface area (Å²) in [6.45, 7) is 0.292. The molecule has 0 bridgehead atoms. The van der Waals surface area contributed by atoms with Crippen LogP contribution in [0.4, 0.5) is 4.39 Å². The van der Waals surface area contributed by atoms with Gasteiger partial charge in [0, 0.05) is 0 Å². The number of amides is 2. The number of rotatable bonds is 7. The van der Waals surface area contributed by atoms with E-state index in [-0.39, 0.29) is 29.8 Å². The summed E-state index contributed by atoms with van der Waals surface area (Å²) in [4.78, 5) is 26.3. The van der Waals surface area contributed by atoms with Crippen LogP contribution in [-0.4, -0.2) is 42.6 Å². The predicted molar refractivity (Wildman–Crippen MR) is 106 cm³/mol. The second kappa shape index (κ2) is 8.33. The largest absolute Gasteiger partial charge is 0.496 e. The smallest absolute Gasteiger partial charge is 0.261 e. The van der Waals surface area contributed by atoms with Crippen LogP contribution in [0.3, 0.4) is 0 Å². The number of carbonyl (C=O) groups is 2. The molecule has 0 spiro atoms. The van der Waals surface area contributed by atoms with Crippen molar-refractivity contribution in [1.82, 2.24) is 4.90 Å². The van der Waals surface area contributed by atoms with E-state index in [1.807, 2.05) is 0 Å². The van der Waals surface area contributed by atoms with E-state index in [1.165, 1.54) is 17.0 Å². The number of methoxy groups -OCH3 is 1. The standard InChI is InChI=1S/C23H24FNO4/c1-28-21-12-9-16(24)13-15(21)5-4-6-17-10-11-18(29-17)14-25-22(26)19-7-2-3-8-20(19)23(25)27/h2-3,7-9,12-13,17-18H,4-6,10-11,14H2,1H3/t17-,18-/m1/s1. The van der Waals surface area contributed by atoms with Crippen LogP contribution in [0.5, 0.6) is 5.75 Å². The SMILES string of the molecule is COc1ccc(F)cc1CCC[C@@H]1CC[C@H](CN2C(=O)c3ccccc3C2=O)O1. The minimum absolute atomic E-state index is 0.0923. The van der Waals surface area contributed by atoms with Crippen molar-refractivity contribution in [2.75, 3.05) is 13.7 Å². The van der Waals surface area contributed by atoms with Crippen molar-refractivity contribution in [2.45, 2.75) is 44.3 Å². The second-order valence-corrected chi connectivity index (χ2v) is 7.57. The molecule has 2 aromatic carbocycles. The zero-order chi connectivity index (χ0) is 20.4. The maximum atomic E-state index is 13.5. The summed E-state index contributed by atoms with van der Waals surface area (Å²) in [7, 11) is 1.58. The molecule has 2 aliphatic rings. The summed E-state index contributed by atoms with van der Waals surface area (Å²) in [5.41, 5.74) is 1.79. The van der Waals surface area contributed by atoms with Crippen LogP contribution in [0.15, 0.2) is 42.5 Å². The van der Waals surface area contributed by atoms with Crippen molar-refractivity contribution in [3.8, 4) is 5.75 Å². The first-order valence-electron chi connectivity index (χ1n) is 10.00. The Morgan fingerprint density at radius 2 is 1.76 bits per heavy atom. The number of nitrogens with zero attached hydrogens (tertiary/aromatic N) is 1. The van der Waals surface area contributed by atoms with Gasteiger partial charge in [-0.1, -0.05) is 12.1 Å². The summed E-state index contributed by atoms with van der Waals surface area (Å²) < 4.78 is 24.9.